The van der Waals surface area contributed by atoms with Crippen LogP contribution in [-0.4, -0.2) is 32.1 Å². The Kier molecular flexibility index (Phi) is 7.92. The van der Waals surface area contributed by atoms with E-state index >= 15 is 0 Å². The molecular weight excluding hydrogens is 316 g/mol. The second-order valence-corrected chi connectivity index (χ2v) is 6.91. The number of benzene rings is 1. The average molecular weight is 346 g/mol. The van der Waals surface area contributed by atoms with Crippen molar-refractivity contribution in [2.24, 2.45) is 11.8 Å². The van der Waals surface area contributed by atoms with Crippen molar-refractivity contribution in [2.45, 2.75) is 45.1 Å². The van der Waals surface area contributed by atoms with Crippen molar-refractivity contribution in [3.05, 3.63) is 35.9 Å². The smallest absolute Gasteiger partial charge is 0.305 e. The highest BCUT2D eigenvalue weighted by molar-refractivity contribution is 5.77. The van der Waals surface area contributed by atoms with Gasteiger partial charge in [-0.15, -0.1) is 0 Å². The maximum absolute atomic E-state index is 12.6. The summed E-state index contributed by atoms with van der Waals surface area (Å²) in [5.74, 6) is 0.791. The van der Waals surface area contributed by atoms with Crippen LogP contribution in [0.2, 0.25) is 0 Å². The van der Waals surface area contributed by atoms with Gasteiger partial charge in [0, 0.05) is 12.8 Å². The lowest BCUT2D eigenvalue weighted by atomic mass is 9.84. The number of rotatable bonds is 8. The molecule has 2 atom stereocenters. The molecule has 1 heterocycles. The Bertz CT molecular complexity index is 541. The summed E-state index contributed by atoms with van der Waals surface area (Å²) >= 11 is 0. The van der Waals surface area contributed by atoms with Gasteiger partial charge in [-0.3, -0.25) is 9.59 Å². The SMILES string of the molecule is COC(=O)CCC(NC(=O)CC(C)C1CCNCC1)c1ccccc1. The summed E-state index contributed by atoms with van der Waals surface area (Å²) in [6.07, 6.45) is 3.65. The van der Waals surface area contributed by atoms with E-state index in [4.69, 9.17) is 4.74 Å². The quantitative estimate of drug-likeness (QED) is 0.710. The molecule has 1 aliphatic heterocycles. The minimum atomic E-state index is -0.252. The highest BCUT2D eigenvalue weighted by Crippen LogP contribution is 2.25. The first-order valence-electron chi connectivity index (χ1n) is 9.22. The molecule has 1 amide bonds. The van der Waals surface area contributed by atoms with Gasteiger partial charge in [0.15, 0.2) is 0 Å². The Labute approximate surface area is 150 Å². The molecular formula is C20H30N2O3. The standard InChI is InChI=1S/C20H30N2O3/c1-15(16-10-12-21-13-11-16)14-19(23)22-18(8-9-20(24)25-2)17-6-4-3-5-7-17/h3-7,15-16,18,21H,8-14H2,1-2H3,(H,22,23). The van der Waals surface area contributed by atoms with E-state index in [2.05, 4.69) is 17.6 Å². The fourth-order valence-corrected chi connectivity index (χ4v) is 3.50. The second kappa shape index (κ2) is 10.2. The fraction of sp³-hybridized carbons (Fsp3) is 0.600. The summed E-state index contributed by atoms with van der Waals surface area (Å²) in [7, 11) is 1.39. The summed E-state index contributed by atoms with van der Waals surface area (Å²) in [6, 6.07) is 9.65. The number of methoxy groups -OCH3 is 1. The van der Waals surface area contributed by atoms with E-state index in [0.29, 0.717) is 31.1 Å². The Balaban J connectivity index is 1.92. The zero-order chi connectivity index (χ0) is 18.1. The zero-order valence-corrected chi connectivity index (χ0v) is 15.3. The lowest BCUT2D eigenvalue weighted by Gasteiger charge is -2.28. The van der Waals surface area contributed by atoms with Crippen LogP contribution in [0.5, 0.6) is 0 Å². The van der Waals surface area contributed by atoms with Gasteiger partial charge in [-0.25, -0.2) is 0 Å². The van der Waals surface area contributed by atoms with Gasteiger partial charge < -0.3 is 15.4 Å². The first-order chi connectivity index (χ1) is 12.1. The van der Waals surface area contributed by atoms with Gasteiger partial charge in [0.1, 0.15) is 0 Å². The predicted molar refractivity (Wildman–Crippen MR) is 98.0 cm³/mol. The monoisotopic (exact) mass is 346 g/mol. The van der Waals surface area contributed by atoms with Crippen molar-refractivity contribution in [3.8, 4) is 0 Å². The minimum Gasteiger partial charge on any atom is -0.469 e. The first kappa shape index (κ1) is 19.4. The van der Waals surface area contributed by atoms with E-state index in [1.807, 2.05) is 30.3 Å². The van der Waals surface area contributed by atoms with Crippen molar-refractivity contribution in [2.75, 3.05) is 20.2 Å². The third kappa shape index (κ3) is 6.50. The number of nitrogens with one attached hydrogen (secondary N) is 2. The van der Waals surface area contributed by atoms with Gasteiger partial charge >= 0.3 is 5.97 Å². The molecule has 5 nitrogen and oxygen atoms in total. The molecule has 0 aliphatic carbocycles. The van der Waals surface area contributed by atoms with Gasteiger partial charge in [-0.05, 0) is 49.8 Å². The van der Waals surface area contributed by atoms with Crippen molar-refractivity contribution >= 4 is 11.9 Å². The number of ether oxygens (including phenoxy) is 1. The summed E-state index contributed by atoms with van der Waals surface area (Å²) in [6.45, 7) is 4.26. The molecule has 1 saturated heterocycles. The maximum atomic E-state index is 12.6. The average Bonchev–Trinajstić information content (AvgIpc) is 2.66. The molecule has 138 valence electrons. The van der Waals surface area contributed by atoms with Crippen LogP contribution < -0.4 is 10.6 Å². The van der Waals surface area contributed by atoms with Crippen LogP contribution in [0.15, 0.2) is 30.3 Å². The predicted octanol–water partition coefficient (Wildman–Crippen LogP) is 2.82. The topological polar surface area (TPSA) is 67.4 Å². The molecule has 0 saturated carbocycles. The number of amides is 1. The van der Waals surface area contributed by atoms with Crippen LogP contribution >= 0.6 is 0 Å². The molecule has 0 aromatic heterocycles. The summed E-state index contributed by atoms with van der Waals surface area (Å²) in [5.41, 5.74) is 1.02. The lowest BCUT2D eigenvalue weighted by molar-refractivity contribution is -0.141. The lowest BCUT2D eigenvalue weighted by Crippen LogP contribution is -2.34. The molecule has 1 aromatic rings. The van der Waals surface area contributed by atoms with E-state index in [0.717, 1.165) is 31.5 Å². The first-order valence-corrected chi connectivity index (χ1v) is 9.22. The molecule has 2 N–H and O–H groups in total. The van der Waals surface area contributed by atoms with E-state index in [1.165, 1.54) is 7.11 Å². The highest BCUT2D eigenvalue weighted by atomic mass is 16.5. The number of piperidine rings is 1. The molecule has 1 aliphatic rings. The number of hydrogen-bond donors (Lipinski definition) is 2. The summed E-state index contributed by atoms with van der Waals surface area (Å²) in [5, 5.41) is 6.49. The molecule has 25 heavy (non-hydrogen) atoms. The number of esters is 1. The van der Waals surface area contributed by atoms with Crippen LogP contribution in [0, 0.1) is 11.8 Å². The highest BCUT2D eigenvalue weighted by Gasteiger charge is 2.23. The number of carbonyl (C=O) groups excluding carboxylic acids is 2. The van der Waals surface area contributed by atoms with Crippen LogP contribution in [-0.2, 0) is 14.3 Å². The van der Waals surface area contributed by atoms with Crippen molar-refractivity contribution in [1.82, 2.24) is 10.6 Å². The van der Waals surface area contributed by atoms with Crippen LogP contribution in [0.4, 0.5) is 0 Å². The Morgan fingerprint density at radius 1 is 1.24 bits per heavy atom. The van der Waals surface area contributed by atoms with E-state index < -0.39 is 0 Å². The zero-order valence-electron chi connectivity index (χ0n) is 15.3. The van der Waals surface area contributed by atoms with Crippen molar-refractivity contribution < 1.29 is 14.3 Å². The number of hydrogen-bond acceptors (Lipinski definition) is 4. The van der Waals surface area contributed by atoms with Crippen LogP contribution in [0.25, 0.3) is 0 Å². The minimum absolute atomic E-state index is 0.0600. The largest absolute Gasteiger partial charge is 0.469 e. The maximum Gasteiger partial charge on any atom is 0.305 e. The Hall–Kier alpha value is -1.88. The van der Waals surface area contributed by atoms with Crippen LogP contribution in [0.1, 0.15) is 50.6 Å². The third-order valence-electron chi connectivity index (χ3n) is 5.10. The molecule has 5 heteroatoms. The van der Waals surface area contributed by atoms with Gasteiger partial charge in [-0.2, -0.15) is 0 Å². The molecule has 1 fully saturated rings. The Morgan fingerprint density at radius 2 is 1.92 bits per heavy atom. The van der Waals surface area contributed by atoms with Gasteiger partial charge in [0.05, 0.1) is 13.2 Å². The van der Waals surface area contributed by atoms with E-state index in [9.17, 15) is 9.59 Å². The molecule has 2 unspecified atom stereocenters. The number of carbonyl (C=O) groups is 2. The molecule has 0 spiro atoms. The summed E-state index contributed by atoms with van der Waals surface area (Å²) < 4.78 is 4.73. The third-order valence-corrected chi connectivity index (χ3v) is 5.10. The molecule has 1 aromatic carbocycles. The molecule has 0 radical (unpaired) electrons. The van der Waals surface area contributed by atoms with Crippen LogP contribution in [0.3, 0.4) is 0 Å². The van der Waals surface area contributed by atoms with E-state index in [-0.39, 0.29) is 17.9 Å². The normalized spacial score (nSPS) is 17.5. The molecule has 2 rings (SSSR count). The van der Waals surface area contributed by atoms with Crippen molar-refractivity contribution in [3.63, 3.8) is 0 Å². The van der Waals surface area contributed by atoms with Gasteiger partial charge in [0.2, 0.25) is 5.91 Å². The Morgan fingerprint density at radius 3 is 2.56 bits per heavy atom. The van der Waals surface area contributed by atoms with Crippen molar-refractivity contribution in [1.29, 1.82) is 0 Å². The molecule has 0 bridgehead atoms. The summed E-state index contributed by atoms with van der Waals surface area (Å²) in [4.78, 5) is 24.0. The van der Waals surface area contributed by atoms with Gasteiger partial charge in [-0.1, -0.05) is 37.3 Å². The van der Waals surface area contributed by atoms with E-state index in [1.54, 1.807) is 0 Å². The fourth-order valence-electron chi connectivity index (χ4n) is 3.50. The second-order valence-electron chi connectivity index (χ2n) is 6.91. The van der Waals surface area contributed by atoms with Gasteiger partial charge in [0.25, 0.3) is 0 Å².